The van der Waals surface area contributed by atoms with Crippen LogP contribution in [0.15, 0.2) is 0 Å². The molecule has 3 unspecified atom stereocenters. The minimum Gasteiger partial charge on any atom is -0.394 e. The summed E-state index contributed by atoms with van der Waals surface area (Å²) in [7, 11) is -10.1. The van der Waals surface area contributed by atoms with Gasteiger partial charge in [0.15, 0.2) is 10.5 Å². The Morgan fingerprint density at radius 2 is 0.971 bits per heavy atom. The molecule has 0 fully saturated rings. The van der Waals surface area contributed by atoms with E-state index in [1.54, 1.807) is 13.8 Å². The van der Waals surface area contributed by atoms with Crippen LogP contribution in [0.25, 0.3) is 0 Å². The molecular formula is C18H36F6O8S2. The van der Waals surface area contributed by atoms with E-state index < -0.39 is 62.0 Å². The Bertz CT molecular complexity index is 649. The van der Waals surface area contributed by atoms with Gasteiger partial charge in [0.2, 0.25) is 0 Å². The second kappa shape index (κ2) is 17.7. The van der Waals surface area contributed by atoms with Crippen LogP contribution < -0.4 is 0 Å². The minimum absolute atomic E-state index is 0.115. The molecule has 0 saturated carbocycles. The van der Waals surface area contributed by atoms with Crippen LogP contribution in [0.5, 0.6) is 0 Å². The van der Waals surface area contributed by atoms with Crippen molar-refractivity contribution in [3.8, 4) is 0 Å². The van der Waals surface area contributed by atoms with E-state index in [1.165, 1.54) is 0 Å². The lowest BCUT2D eigenvalue weighted by atomic mass is 10.1. The molecule has 0 radical (unpaired) electrons. The van der Waals surface area contributed by atoms with Crippen molar-refractivity contribution in [1.82, 2.24) is 0 Å². The highest BCUT2D eigenvalue weighted by Crippen LogP contribution is 2.30. The number of hydrogen-bond acceptors (Lipinski definition) is 6. The molecule has 0 heterocycles. The number of alkyl halides is 6. The monoisotopic (exact) mass is 558 g/mol. The maximum Gasteiger partial charge on any atom is 0.407 e. The molecule has 0 saturated heterocycles. The Balaban J connectivity index is -0.000000458. The molecule has 0 amide bonds. The Morgan fingerprint density at radius 1 is 0.676 bits per heavy atom. The van der Waals surface area contributed by atoms with Crippen molar-refractivity contribution in [2.75, 3.05) is 6.61 Å². The number of rotatable bonds is 12. The average Bonchev–Trinajstić information content (AvgIpc) is 2.65. The van der Waals surface area contributed by atoms with E-state index in [0.717, 1.165) is 0 Å². The van der Waals surface area contributed by atoms with Gasteiger partial charge in [-0.1, -0.05) is 59.3 Å². The molecule has 8 nitrogen and oxygen atoms in total. The van der Waals surface area contributed by atoms with Gasteiger partial charge in [0.25, 0.3) is 20.2 Å². The minimum atomic E-state index is -5.03. The molecule has 0 aliphatic heterocycles. The van der Waals surface area contributed by atoms with Crippen molar-refractivity contribution in [1.29, 1.82) is 0 Å². The lowest BCUT2D eigenvalue weighted by molar-refractivity contribution is -0.133. The normalized spacial score (nSPS) is 15.3. The van der Waals surface area contributed by atoms with Gasteiger partial charge >= 0.3 is 12.4 Å². The van der Waals surface area contributed by atoms with Crippen LogP contribution >= 0.6 is 0 Å². The predicted molar refractivity (Wildman–Crippen MR) is 114 cm³/mol. The Morgan fingerprint density at radius 3 is 1.09 bits per heavy atom. The van der Waals surface area contributed by atoms with Gasteiger partial charge in [-0.15, -0.1) is 0 Å². The summed E-state index contributed by atoms with van der Waals surface area (Å²) < 4.78 is 131. The van der Waals surface area contributed by atoms with Gasteiger partial charge in [-0.25, -0.2) is 0 Å². The molecule has 0 aliphatic carbocycles. The van der Waals surface area contributed by atoms with Crippen molar-refractivity contribution in [2.24, 2.45) is 0 Å². The fourth-order valence-corrected chi connectivity index (χ4v) is 3.86. The van der Waals surface area contributed by atoms with E-state index in [0.29, 0.717) is 32.1 Å². The van der Waals surface area contributed by atoms with Crippen molar-refractivity contribution in [2.45, 2.75) is 108 Å². The highest BCUT2D eigenvalue weighted by Gasteiger charge is 2.48. The molecule has 0 aromatic heterocycles. The molecule has 16 heteroatoms. The second-order valence-electron chi connectivity index (χ2n) is 7.33. The van der Waals surface area contributed by atoms with Gasteiger partial charge < -0.3 is 10.2 Å². The lowest BCUT2D eigenvalue weighted by Gasteiger charge is -2.16. The first-order valence-electron chi connectivity index (χ1n) is 10.5. The molecule has 0 aromatic rings. The van der Waals surface area contributed by atoms with Crippen LogP contribution in [-0.2, 0) is 20.2 Å². The summed E-state index contributed by atoms with van der Waals surface area (Å²) >= 11 is 0. The summed E-state index contributed by atoms with van der Waals surface area (Å²) in [6.45, 7) is 5.28. The Kier molecular flexibility index (Phi) is 19.7. The number of halogens is 6. The van der Waals surface area contributed by atoms with Crippen LogP contribution in [0.4, 0.5) is 26.3 Å². The fourth-order valence-electron chi connectivity index (χ4n) is 2.25. The smallest absolute Gasteiger partial charge is 0.394 e. The Labute approximate surface area is 197 Å². The van der Waals surface area contributed by atoms with E-state index in [-0.39, 0.29) is 19.4 Å². The van der Waals surface area contributed by atoms with Gasteiger partial charge in [0.05, 0.1) is 12.7 Å². The summed E-state index contributed by atoms with van der Waals surface area (Å²) in [5.74, 6) is 0. The zero-order valence-corrected chi connectivity index (χ0v) is 20.9. The summed E-state index contributed by atoms with van der Waals surface area (Å²) in [6, 6.07) is 0. The van der Waals surface area contributed by atoms with Crippen molar-refractivity contribution >= 4 is 20.2 Å². The van der Waals surface area contributed by atoms with Crippen LogP contribution in [0, 0.1) is 0 Å². The first kappa shape index (κ1) is 37.9. The maximum atomic E-state index is 12.1. The number of unbranched alkanes of at least 4 members (excludes halogenated alkanes) is 4. The van der Waals surface area contributed by atoms with Crippen molar-refractivity contribution in [3.05, 3.63) is 0 Å². The van der Waals surface area contributed by atoms with Gasteiger partial charge in [0, 0.05) is 0 Å². The largest absolute Gasteiger partial charge is 0.407 e. The quantitative estimate of drug-likeness (QED) is 0.155. The van der Waals surface area contributed by atoms with E-state index in [4.69, 9.17) is 19.3 Å². The summed E-state index contributed by atoms with van der Waals surface area (Å²) in [4.78, 5) is 0. The number of aliphatic hydroxyl groups is 2. The molecule has 0 aliphatic rings. The summed E-state index contributed by atoms with van der Waals surface area (Å²) in [6.07, 6.45) is -8.10. The second-order valence-corrected chi connectivity index (χ2v) is 10.5. The molecule has 0 rings (SSSR count). The van der Waals surface area contributed by atoms with E-state index in [2.05, 4.69) is 0 Å². The van der Waals surface area contributed by atoms with Crippen LogP contribution in [-0.4, -0.2) is 71.7 Å². The van der Waals surface area contributed by atoms with Gasteiger partial charge in [-0.3, -0.25) is 9.11 Å². The molecule has 0 aromatic carbocycles. The first-order chi connectivity index (χ1) is 15.2. The number of hydrogen-bond donors (Lipinski definition) is 4. The molecule has 0 bridgehead atoms. The topological polar surface area (TPSA) is 149 Å². The average molecular weight is 559 g/mol. The van der Waals surface area contributed by atoms with E-state index >= 15 is 0 Å². The lowest BCUT2D eigenvalue weighted by Crippen LogP contribution is -2.36. The zero-order valence-electron chi connectivity index (χ0n) is 19.3. The third kappa shape index (κ3) is 20.7. The Hall–Kier alpha value is -0.680. The van der Waals surface area contributed by atoms with Gasteiger partial charge in [-0.2, -0.15) is 43.2 Å². The third-order valence-corrected chi connectivity index (χ3v) is 6.72. The van der Waals surface area contributed by atoms with Crippen LogP contribution in [0.3, 0.4) is 0 Å². The van der Waals surface area contributed by atoms with E-state index in [1.807, 2.05) is 6.92 Å². The summed E-state index contributed by atoms with van der Waals surface area (Å²) in [5.41, 5.74) is 0. The molecule has 210 valence electrons. The van der Waals surface area contributed by atoms with E-state index in [9.17, 15) is 43.2 Å². The molecule has 4 N–H and O–H groups in total. The highest BCUT2D eigenvalue weighted by molar-refractivity contribution is 7.86. The molecule has 34 heavy (non-hydrogen) atoms. The third-order valence-electron chi connectivity index (χ3n) is 4.27. The predicted octanol–water partition coefficient (Wildman–Crippen LogP) is 4.52. The molecule has 0 spiro atoms. The van der Waals surface area contributed by atoms with Crippen molar-refractivity contribution in [3.63, 3.8) is 0 Å². The SMILES string of the molecule is CCC(O)CO.CCCCCC(C(F)(F)F)S(=O)(=O)O.CCCCCC(C(F)(F)F)S(=O)(=O)O. The maximum absolute atomic E-state index is 12.1. The summed E-state index contributed by atoms with van der Waals surface area (Å²) in [5, 5.41) is 11.2. The first-order valence-corrected chi connectivity index (χ1v) is 13.5. The highest BCUT2D eigenvalue weighted by atomic mass is 32.2. The number of aliphatic hydroxyl groups excluding tert-OH is 2. The van der Waals surface area contributed by atoms with Gasteiger partial charge in [-0.05, 0) is 19.3 Å². The van der Waals surface area contributed by atoms with Crippen LogP contribution in [0.2, 0.25) is 0 Å². The van der Waals surface area contributed by atoms with Crippen LogP contribution in [0.1, 0.15) is 78.6 Å². The molecular weight excluding hydrogens is 522 g/mol. The van der Waals surface area contributed by atoms with Crippen molar-refractivity contribution < 1.29 is 62.5 Å². The fraction of sp³-hybridized carbons (Fsp3) is 1.00. The standard InChI is InChI=1S/2C7H13F3O3S.C4H10O2/c2*1-2-3-4-5-6(7(8,9)10)14(11,12)13;1-2-4(6)3-5/h2*6H,2-5H2,1H3,(H,11,12,13);4-6H,2-3H2,1H3. The molecule has 3 atom stereocenters. The van der Waals surface area contributed by atoms with Gasteiger partial charge in [0.1, 0.15) is 0 Å². The zero-order chi connectivity index (χ0) is 27.8.